The molecule has 0 aliphatic heterocycles. The first kappa shape index (κ1) is 56.3. The van der Waals surface area contributed by atoms with Crippen LogP contribution in [-0.4, -0.2) is 81.9 Å². The van der Waals surface area contributed by atoms with Gasteiger partial charge >= 0.3 is 11.9 Å². The van der Waals surface area contributed by atoms with Crippen LogP contribution in [0.15, 0.2) is 0 Å². The van der Waals surface area contributed by atoms with Crippen LogP contribution in [0.5, 0.6) is 0 Å². The minimum absolute atomic E-state index is 0.0133. The van der Waals surface area contributed by atoms with Gasteiger partial charge in [-0.15, -0.1) is 23.5 Å². The molecule has 56 heavy (non-hydrogen) atoms. The second-order valence-corrected chi connectivity index (χ2v) is 19.9. The summed E-state index contributed by atoms with van der Waals surface area (Å²) in [6, 6.07) is 0. The maximum Gasteiger partial charge on any atom is 0.329 e. The summed E-state index contributed by atoms with van der Waals surface area (Å²) in [5.41, 5.74) is 0. The number of halogens is 1. The van der Waals surface area contributed by atoms with Crippen LogP contribution in [0.3, 0.4) is 0 Å². The van der Waals surface area contributed by atoms with Crippen LogP contribution in [-0.2, 0) is 19.1 Å². The van der Waals surface area contributed by atoms with Gasteiger partial charge in [0.15, 0.2) is 0 Å². The molecule has 1 unspecified atom stereocenters. The first-order valence-electron chi connectivity index (χ1n) is 24.0. The lowest BCUT2D eigenvalue weighted by atomic mass is 9.94. The molecule has 0 aromatic carbocycles. The second-order valence-electron chi connectivity index (χ2n) is 16.1. The van der Waals surface area contributed by atoms with Gasteiger partial charge in [-0.05, 0) is 106 Å². The first-order valence-corrected chi connectivity index (χ1v) is 27.6. The van der Waals surface area contributed by atoms with Crippen LogP contribution in [0, 0.1) is 5.92 Å². The lowest BCUT2D eigenvalue weighted by molar-refractivity contribution is -0.149. The molecule has 0 aliphatic rings. The Bertz CT molecular complexity index is 809. The quantitative estimate of drug-likeness (QED) is 0.0213. The molecular weight excluding hydrogens is 850 g/mol. The van der Waals surface area contributed by atoms with Crippen LogP contribution in [0.2, 0.25) is 0 Å². The maximum atomic E-state index is 13.0. The van der Waals surface area contributed by atoms with Gasteiger partial charge in [-0.1, -0.05) is 172 Å². The second kappa shape index (κ2) is 46.4. The van der Waals surface area contributed by atoms with Crippen molar-refractivity contribution in [3.05, 3.63) is 0 Å². The first-order chi connectivity index (χ1) is 27.5. The molecular formula is C47H92INO5S2. The summed E-state index contributed by atoms with van der Waals surface area (Å²) in [6.07, 6.45) is 36.4. The lowest BCUT2D eigenvalue weighted by Gasteiger charge is -2.22. The van der Waals surface area contributed by atoms with Crippen molar-refractivity contribution in [2.24, 2.45) is 5.92 Å². The largest absolute Gasteiger partial charge is 0.465 e. The van der Waals surface area contributed by atoms with Crippen LogP contribution < -0.4 is 0 Å². The van der Waals surface area contributed by atoms with Crippen LogP contribution in [0.25, 0.3) is 0 Å². The fourth-order valence-corrected chi connectivity index (χ4v) is 10.2. The Morgan fingerprint density at radius 1 is 0.500 bits per heavy atom. The number of carbonyl (C=O) groups excluding carboxylic acids is 2. The third kappa shape index (κ3) is 38.5. The third-order valence-electron chi connectivity index (χ3n) is 10.8. The average Bonchev–Trinajstić information content (AvgIpc) is 3.20. The SMILES string of the molecule is CCCCCCCSC(SCCCCCCC)C(=O)OCCCCCCN(CCCCO)CCCCCCOC(=O)C(CCCCCC)CCCCCCCI. The Morgan fingerprint density at radius 3 is 1.39 bits per heavy atom. The predicted octanol–water partition coefficient (Wildman–Crippen LogP) is 14.4. The number of carbonyl (C=O) groups is 2. The number of aliphatic hydroxyl groups is 1. The summed E-state index contributed by atoms with van der Waals surface area (Å²) in [5.74, 6) is 2.23. The molecule has 9 heteroatoms. The lowest BCUT2D eigenvalue weighted by Crippen LogP contribution is -2.27. The van der Waals surface area contributed by atoms with Crippen molar-refractivity contribution >= 4 is 58.1 Å². The fourth-order valence-electron chi connectivity index (χ4n) is 7.09. The van der Waals surface area contributed by atoms with E-state index in [1.807, 2.05) is 23.5 Å². The summed E-state index contributed by atoms with van der Waals surface area (Å²) in [4.78, 5) is 28.6. The minimum Gasteiger partial charge on any atom is -0.465 e. The molecule has 6 nitrogen and oxygen atoms in total. The van der Waals surface area contributed by atoms with Crippen molar-refractivity contribution in [3.8, 4) is 0 Å². The summed E-state index contributed by atoms with van der Waals surface area (Å²) in [5, 5.41) is 9.34. The van der Waals surface area contributed by atoms with Crippen molar-refractivity contribution in [3.63, 3.8) is 0 Å². The standard InChI is InChI=1S/C47H92INO5S2/c1-4-7-10-20-31-42-55-47(56-43-32-21-11-8-5-2)46(52)54-41-30-19-17-26-37-49(38-27-28-39-50)36-25-16-18-29-40-53-45(51)44(33-22-12-9-6-3)34-23-14-13-15-24-35-48/h44,47,50H,4-43H2,1-3H3. The predicted molar refractivity (Wildman–Crippen MR) is 257 cm³/mol. The monoisotopic (exact) mass is 942 g/mol. The van der Waals surface area contributed by atoms with Crippen LogP contribution in [0.1, 0.15) is 220 Å². The molecule has 0 saturated carbocycles. The Kier molecular flexibility index (Phi) is 46.6. The number of unbranched alkanes of at least 4 members (excludes halogenated alkanes) is 22. The highest BCUT2D eigenvalue weighted by Crippen LogP contribution is 2.28. The number of nitrogens with zero attached hydrogens (tertiary/aromatic N) is 1. The summed E-state index contributed by atoms with van der Waals surface area (Å²) in [6.45, 7) is 11.3. The average molecular weight is 942 g/mol. The molecule has 1 atom stereocenters. The zero-order valence-electron chi connectivity index (χ0n) is 37.2. The Balaban J connectivity index is 4.40. The number of ether oxygens (including phenoxy) is 2. The smallest absolute Gasteiger partial charge is 0.329 e. The van der Waals surface area contributed by atoms with Crippen molar-refractivity contribution in [1.29, 1.82) is 0 Å². The molecule has 0 heterocycles. The van der Waals surface area contributed by atoms with E-state index < -0.39 is 0 Å². The molecule has 1 N–H and O–H groups in total. The van der Waals surface area contributed by atoms with Gasteiger partial charge in [-0.25, -0.2) is 4.79 Å². The zero-order chi connectivity index (χ0) is 41.0. The number of thioether (sulfide) groups is 2. The Morgan fingerprint density at radius 2 is 0.893 bits per heavy atom. The van der Waals surface area contributed by atoms with Gasteiger partial charge < -0.3 is 19.5 Å². The highest BCUT2D eigenvalue weighted by molar-refractivity contribution is 14.1. The summed E-state index contributed by atoms with van der Waals surface area (Å²) in [7, 11) is 0. The number of alkyl halides is 1. The number of hydrogen-bond acceptors (Lipinski definition) is 8. The van der Waals surface area contributed by atoms with Crippen molar-refractivity contribution < 1.29 is 24.2 Å². The van der Waals surface area contributed by atoms with E-state index in [-0.39, 0.29) is 29.0 Å². The van der Waals surface area contributed by atoms with E-state index in [4.69, 9.17) is 9.47 Å². The van der Waals surface area contributed by atoms with E-state index in [0.717, 1.165) is 121 Å². The minimum atomic E-state index is -0.0770. The topological polar surface area (TPSA) is 76.1 Å². The molecule has 0 aliphatic carbocycles. The van der Waals surface area contributed by atoms with E-state index in [2.05, 4.69) is 48.3 Å². The van der Waals surface area contributed by atoms with E-state index >= 15 is 0 Å². The maximum absolute atomic E-state index is 13.0. The van der Waals surface area contributed by atoms with Gasteiger partial charge in [0.05, 0.1) is 19.1 Å². The van der Waals surface area contributed by atoms with Gasteiger partial charge in [0, 0.05) is 6.61 Å². The molecule has 0 aromatic heterocycles. The zero-order valence-corrected chi connectivity index (χ0v) is 41.0. The fraction of sp³-hybridized carbons (Fsp3) is 0.957. The van der Waals surface area contributed by atoms with E-state index in [1.54, 1.807) is 0 Å². The molecule has 0 radical (unpaired) electrons. The number of esters is 2. The summed E-state index contributed by atoms with van der Waals surface area (Å²) >= 11 is 6.08. The van der Waals surface area contributed by atoms with E-state index in [0.29, 0.717) is 13.2 Å². The normalized spacial score (nSPS) is 12.2. The van der Waals surface area contributed by atoms with Crippen LogP contribution >= 0.6 is 46.1 Å². The van der Waals surface area contributed by atoms with Crippen molar-refractivity contribution in [1.82, 2.24) is 4.90 Å². The number of aliphatic hydroxyl groups excluding tert-OH is 1. The van der Waals surface area contributed by atoms with Crippen LogP contribution in [0.4, 0.5) is 0 Å². The highest BCUT2D eigenvalue weighted by Gasteiger charge is 2.21. The molecule has 0 rings (SSSR count). The molecule has 334 valence electrons. The van der Waals surface area contributed by atoms with Crippen molar-refractivity contribution in [2.75, 3.05) is 55.4 Å². The van der Waals surface area contributed by atoms with Gasteiger partial charge in [0.2, 0.25) is 0 Å². The molecule has 0 fully saturated rings. The molecule has 0 saturated heterocycles. The molecule has 0 aromatic rings. The highest BCUT2D eigenvalue weighted by atomic mass is 127. The Labute approximate surface area is 370 Å². The molecule has 0 bridgehead atoms. The van der Waals surface area contributed by atoms with Crippen molar-refractivity contribution in [2.45, 2.75) is 224 Å². The van der Waals surface area contributed by atoms with Gasteiger partial charge in [0.1, 0.15) is 4.58 Å². The third-order valence-corrected chi connectivity index (χ3v) is 14.4. The van der Waals surface area contributed by atoms with E-state index in [1.165, 1.54) is 114 Å². The number of rotatable bonds is 46. The van der Waals surface area contributed by atoms with E-state index in [9.17, 15) is 14.7 Å². The van der Waals surface area contributed by atoms with Gasteiger partial charge in [0.25, 0.3) is 0 Å². The van der Waals surface area contributed by atoms with Gasteiger partial charge in [-0.2, -0.15) is 0 Å². The molecule has 0 spiro atoms. The van der Waals surface area contributed by atoms with Gasteiger partial charge in [-0.3, -0.25) is 4.79 Å². The Hall–Kier alpha value is 0.290. The number of hydrogen-bond donors (Lipinski definition) is 1. The summed E-state index contributed by atoms with van der Waals surface area (Å²) < 4.78 is 12.8. The molecule has 0 amide bonds.